The standard InChI is InChI=1S/C60H94O5/c1-35(2)37-19-29-59(49(62)63)33-31-55(11)39(47(37)59)15-17-44-54(10)26-24-46(52(7,8)42(54)22-28-58(44,55)14)65-50(64)60-30-20-38(36(3)4)48(60)40-16-18-43-53(9)25-23-45(61)51(5,6)41(53)21-27-57(43,13)56(40,12)32-34-60/h37-48,61H,1,3,15-34H2,2,4-14H3,(H,62,63)/t37-,38-,39+,40+,41-,42-,43+,44+,45-,46-,47+,48+,53-,54-,55+,56+,57+,58+,59-,60-/m0/s1. The molecule has 20 atom stereocenters. The molecule has 0 aromatic heterocycles. The fourth-order valence-corrected chi connectivity index (χ4v) is 23.4. The van der Waals surface area contributed by atoms with Crippen molar-refractivity contribution in [2.75, 3.05) is 0 Å². The highest BCUT2D eigenvalue weighted by Gasteiger charge is 2.75. The molecule has 10 aliphatic rings. The summed E-state index contributed by atoms with van der Waals surface area (Å²) in [7, 11) is 0. The van der Waals surface area contributed by atoms with Crippen molar-refractivity contribution in [1.29, 1.82) is 0 Å². The van der Waals surface area contributed by atoms with Gasteiger partial charge in [-0.15, -0.1) is 0 Å². The van der Waals surface area contributed by atoms with Gasteiger partial charge in [-0.25, -0.2) is 0 Å². The molecule has 2 N–H and O–H groups in total. The Morgan fingerprint density at radius 2 is 0.923 bits per heavy atom. The third-order valence-corrected chi connectivity index (χ3v) is 27.1. The minimum atomic E-state index is -0.589. The Labute approximate surface area is 396 Å². The molecule has 0 saturated heterocycles. The number of aliphatic hydroxyl groups excluding tert-OH is 1. The molecule has 0 amide bonds. The number of allylic oxidation sites excluding steroid dienone is 2. The maximum absolute atomic E-state index is 15.6. The molecule has 0 aliphatic heterocycles. The number of esters is 1. The van der Waals surface area contributed by atoms with E-state index in [9.17, 15) is 15.0 Å². The van der Waals surface area contributed by atoms with E-state index in [1.807, 2.05) is 0 Å². The molecule has 10 saturated carbocycles. The number of aliphatic hydroxyl groups is 1. The summed E-state index contributed by atoms with van der Waals surface area (Å²) in [4.78, 5) is 28.9. The molecule has 10 rings (SSSR count). The lowest BCUT2D eigenvalue weighted by atomic mass is 9.32. The van der Waals surface area contributed by atoms with Crippen molar-refractivity contribution in [2.24, 2.45) is 113 Å². The number of ether oxygens (including phenoxy) is 1. The van der Waals surface area contributed by atoms with Gasteiger partial charge in [0.25, 0.3) is 0 Å². The Morgan fingerprint density at radius 3 is 1.42 bits per heavy atom. The highest BCUT2D eigenvalue weighted by atomic mass is 16.5. The van der Waals surface area contributed by atoms with Gasteiger partial charge in [0.2, 0.25) is 0 Å². The molecule has 65 heavy (non-hydrogen) atoms. The Hall–Kier alpha value is -1.62. The van der Waals surface area contributed by atoms with Gasteiger partial charge in [-0.05, 0) is 239 Å². The van der Waals surface area contributed by atoms with Crippen molar-refractivity contribution in [2.45, 2.75) is 224 Å². The first-order valence-electron chi connectivity index (χ1n) is 27.6. The first-order chi connectivity index (χ1) is 30.2. The van der Waals surface area contributed by atoms with Crippen molar-refractivity contribution in [1.82, 2.24) is 0 Å². The van der Waals surface area contributed by atoms with E-state index in [2.05, 4.69) is 96.2 Å². The molecule has 10 fully saturated rings. The summed E-state index contributed by atoms with van der Waals surface area (Å²) in [5, 5.41) is 22.2. The van der Waals surface area contributed by atoms with Crippen LogP contribution in [0.2, 0.25) is 0 Å². The number of hydrogen-bond acceptors (Lipinski definition) is 4. The van der Waals surface area contributed by atoms with E-state index in [-0.39, 0.29) is 67.4 Å². The predicted molar refractivity (Wildman–Crippen MR) is 261 cm³/mol. The van der Waals surface area contributed by atoms with Crippen LogP contribution in [0.25, 0.3) is 0 Å². The van der Waals surface area contributed by atoms with Crippen molar-refractivity contribution in [3.8, 4) is 0 Å². The van der Waals surface area contributed by atoms with Crippen LogP contribution in [0.15, 0.2) is 24.3 Å². The van der Waals surface area contributed by atoms with Crippen LogP contribution in [0, 0.1) is 113 Å². The minimum absolute atomic E-state index is 0.0516. The summed E-state index contributed by atoms with van der Waals surface area (Å²) in [6.07, 6.45) is 21.1. The van der Waals surface area contributed by atoms with Gasteiger partial charge in [-0.2, -0.15) is 0 Å². The summed E-state index contributed by atoms with van der Waals surface area (Å²) in [6, 6.07) is 0. The van der Waals surface area contributed by atoms with Gasteiger partial charge in [0, 0.05) is 5.41 Å². The molecule has 5 heteroatoms. The second kappa shape index (κ2) is 14.5. The predicted octanol–water partition coefficient (Wildman–Crippen LogP) is 14.7. The first kappa shape index (κ1) is 47.1. The number of carboxylic acid groups (broad SMARTS) is 1. The largest absolute Gasteiger partial charge is 0.481 e. The Balaban J connectivity index is 0.907. The summed E-state index contributed by atoms with van der Waals surface area (Å²) in [6.45, 7) is 39.1. The van der Waals surface area contributed by atoms with Crippen LogP contribution in [0.3, 0.4) is 0 Å². The maximum Gasteiger partial charge on any atom is 0.312 e. The number of carbonyl (C=O) groups is 2. The van der Waals surface area contributed by atoms with Gasteiger partial charge in [0.1, 0.15) is 6.10 Å². The van der Waals surface area contributed by atoms with Gasteiger partial charge in [0.15, 0.2) is 0 Å². The molecule has 0 unspecified atom stereocenters. The van der Waals surface area contributed by atoms with Crippen LogP contribution < -0.4 is 0 Å². The van der Waals surface area contributed by atoms with Gasteiger partial charge in [-0.3, -0.25) is 9.59 Å². The van der Waals surface area contributed by atoms with Crippen LogP contribution in [-0.4, -0.2) is 34.4 Å². The van der Waals surface area contributed by atoms with Crippen molar-refractivity contribution in [3.63, 3.8) is 0 Å². The van der Waals surface area contributed by atoms with Crippen LogP contribution in [0.5, 0.6) is 0 Å². The van der Waals surface area contributed by atoms with E-state index in [4.69, 9.17) is 4.74 Å². The number of fused-ring (bicyclic) bond motifs is 14. The average Bonchev–Trinajstić information content (AvgIpc) is 3.83. The van der Waals surface area contributed by atoms with Gasteiger partial charge in [0.05, 0.1) is 16.9 Å². The van der Waals surface area contributed by atoms with Crippen LogP contribution in [0.1, 0.15) is 212 Å². The molecule has 0 aromatic rings. The first-order valence-corrected chi connectivity index (χ1v) is 27.6. The Morgan fingerprint density at radius 1 is 0.477 bits per heavy atom. The third-order valence-electron chi connectivity index (χ3n) is 27.1. The smallest absolute Gasteiger partial charge is 0.312 e. The van der Waals surface area contributed by atoms with Crippen molar-refractivity contribution < 1.29 is 24.5 Å². The summed E-state index contributed by atoms with van der Waals surface area (Å²) >= 11 is 0. The van der Waals surface area contributed by atoms with E-state index >= 15 is 4.79 Å². The number of hydrogen-bond donors (Lipinski definition) is 2. The quantitative estimate of drug-likeness (QED) is 0.212. The third kappa shape index (κ3) is 5.66. The molecule has 364 valence electrons. The Kier molecular flexibility index (Phi) is 10.5. The van der Waals surface area contributed by atoms with Crippen molar-refractivity contribution >= 4 is 11.9 Å². The van der Waals surface area contributed by atoms with Gasteiger partial charge in [-0.1, -0.05) is 93.5 Å². The van der Waals surface area contributed by atoms with E-state index in [1.54, 1.807) is 0 Å². The lowest BCUT2D eigenvalue weighted by molar-refractivity contribution is -0.258. The Bertz CT molecular complexity index is 2010. The number of aliphatic carboxylic acids is 1. The minimum Gasteiger partial charge on any atom is -0.481 e. The molecule has 0 bridgehead atoms. The zero-order valence-corrected chi connectivity index (χ0v) is 43.6. The molecule has 5 nitrogen and oxygen atoms in total. The van der Waals surface area contributed by atoms with E-state index < -0.39 is 16.8 Å². The van der Waals surface area contributed by atoms with Gasteiger partial charge < -0.3 is 14.9 Å². The SMILES string of the molecule is C=C(C)[C@@H]1CC[C@]2(C(=O)O)CC[C@]3(C)[C@H](CC[C@@H]4[C@@]5(C)CC[C@H](OC(=O)[C@]67CC[C@@H](C(=C)C)[C@@H]6[C@H]6CC[C@@H]8[C@@]9(C)CC[C@H](O)C(C)(C)[C@@H]9CC[C@@]8(C)[C@]6(C)CC7)C(C)(C)[C@@H]5CC[C@]43C)[C@@H]12. The average molecular weight is 895 g/mol. The number of rotatable bonds is 5. The maximum atomic E-state index is 15.6. The molecular weight excluding hydrogens is 801 g/mol. The second-order valence-electron chi connectivity index (χ2n) is 29.1. The van der Waals surface area contributed by atoms with Crippen molar-refractivity contribution in [3.05, 3.63) is 24.3 Å². The zero-order valence-electron chi connectivity index (χ0n) is 43.6. The summed E-state index contributed by atoms with van der Waals surface area (Å²) < 4.78 is 7.26. The highest BCUT2D eigenvalue weighted by Crippen LogP contribution is 2.80. The summed E-state index contributed by atoms with van der Waals surface area (Å²) in [5.74, 6) is 3.93. The van der Waals surface area contributed by atoms with E-state index in [1.165, 1.54) is 49.7 Å². The highest BCUT2D eigenvalue weighted by molar-refractivity contribution is 5.79. The normalized spacial score (nSPS) is 55.9. The molecular formula is C60H94O5. The van der Waals surface area contributed by atoms with Crippen LogP contribution >= 0.6 is 0 Å². The molecule has 0 heterocycles. The molecule has 10 aliphatic carbocycles. The summed E-state index contributed by atoms with van der Waals surface area (Å²) in [5.41, 5.74) is 2.28. The topological polar surface area (TPSA) is 83.8 Å². The second-order valence-corrected chi connectivity index (χ2v) is 29.1. The van der Waals surface area contributed by atoms with Crippen LogP contribution in [-0.2, 0) is 14.3 Å². The van der Waals surface area contributed by atoms with Crippen LogP contribution in [0.4, 0.5) is 0 Å². The molecule has 0 radical (unpaired) electrons. The molecule has 0 aromatic carbocycles. The van der Waals surface area contributed by atoms with E-state index in [0.29, 0.717) is 53.3 Å². The lowest BCUT2D eigenvalue weighted by Crippen LogP contribution is -2.67. The fourth-order valence-electron chi connectivity index (χ4n) is 23.4. The zero-order chi connectivity index (χ0) is 47.1. The lowest BCUT2D eigenvalue weighted by Gasteiger charge is -2.73. The monoisotopic (exact) mass is 895 g/mol. The van der Waals surface area contributed by atoms with E-state index in [0.717, 1.165) is 89.9 Å². The van der Waals surface area contributed by atoms with Gasteiger partial charge >= 0.3 is 11.9 Å². The number of carboxylic acids is 1. The fraction of sp³-hybridized carbons (Fsp3) is 0.900. The number of carbonyl (C=O) groups excluding carboxylic acids is 1. The molecule has 0 spiro atoms.